The van der Waals surface area contributed by atoms with E-state index >= 15 is 0 Å². The second-order valence-corrected chi connectivity index (χ2v) is 5.85. The molecule has 1 N–H and O–H groups in total. The number of nitrogens with zero attached hydrogens (tertiary/aromatic N) is 3. The van der Waals surface area contributed by atoms with Crippen LogP contribution in [0.2, 0.25) is 0 Å². The Morgan fingerprint density at radius 1 is 1.36 bits per heavy atom. The lowest BCUT2D eigenvalue weighted by atomic mass is 10.3. The normalized spacial score (nSPS) is 12.6. The van der Waals surface area contributed by atoms with Crippen molar-refractivity contribution in [3.05, 3.63) is 57.3 Å². The summed E-state index contributed by atoms with van der Waals surface area (Å²) < 4.78 is 6.68. The smallest absolute Gasteiger partial charge is 0.276 e. The van der Waals surface area contributed by atoms with Crippen LogP contribution in [0.1, 0.15) is 4.88 Å². The topological polar surface area (TPSA) is 77.2 Å². The van der Waals surface area contributed by atoms with Crippen LogP contribution < -0.4 is 5.56 Å². The first-order valence-corrected chi connectivity index (χ1v) is 7.71. The number of rotatable bonds is 6. The van der Waals surface area contributed by atoms with Gasteiger partial charge in [-0.2, -0.15) is 5.10 Å². The zero-order chi connectivity index (χ0) is 15.4. The first-order valence-electron chi connectivity index (χ1n) is 6.83. The third kappa shape index (κ3) is 3.38. The molecule has 0 aromatic carbocycles. The second kappa shape index (κ2) is 6.78. The van der Waals surface area contributed by atoms with Crippen LogP contribution >= 0.6 is 11.3 Å². The Balaban J connectivity index is 1.62. The standard InChI is InChI=1S/C15H15N3O3S/c19-11(9-21-10-12-3-2-6-22-12)8-18-15(20)13-4-1-5-16-14(13)7-17-18/h1-7,11,19H,8-10H2/t11-/m0/s1. The molecule has 114 valence electrons. The molecule has 0 aliphatic rings. The van der Waals surface area contributed by atoms with Gasteiger partial charge < -0.3 is 9.84 Å². The van der Waals surface area contributed by atoms with Crippen molar-refractivity contribution in [2.24, 2.45) is 0 Å². The Hall–Kier alpha value is -2.09. The zero-order valence-electron chi connectivity index (χ0n) is 11.8. The van der Waals surface area contributed by atoms with Crippen molar-refractivity contribution in [1.82, 2.24) is 14.8 Å². The van der Waals surface area contributed by atoms with Crippen LogP contribution in [0.15, 0.2) is 46.8 Å². The molecule has 0 spiro atoms. The minimum Gasteiger partial charge on any atom is -0.389 e. The summed E-state index contributed by atoms with van der Waals surface area (Å²) >= 11 is 1.60. The Kier molecular flexibility index (Phi) is 4.57. The van der Waals surface area contributed by atoms with Gasteiger partial charge in [0.25, 0.3) is 5.56 Å². The van der Waals surface area contributed by atoms with E-state index in [9.17, 15) is 9.90 Å². The predicted octanol–water partition coefficient (Wildman–Crippen LogP) is 1.43. The van der Waals surface area contributed by atoms with Crippen LogP contribution in [-0.2, 0) is 17.9 Å². The largest absolute Gasteiger partial charge is 0.389 e. The Labute approximate surface area is 130 Å². The number of aliphatic hydroxyl groups is 1. The molecule has 0 amide bonds. The molecule has 0 bridgehead atoms. The highest BCUT2D eigenvalue weighted by atomic mass is 32.1. The van der Waals surface area contributed by atoms with Crippen LogP contribution in [0.3, 0.4) is 0 Å². The number of ether oxygens (including phenoxy) is 1. The summed E-state index contributed by atoms with van der Waals surface area (Å²) in [5.74, 6) is 0. The maximum Gasteiger partial charge on any atom is 0.276 e. The van der Waals surface area contributed by atoms with Gasteiger partial charge >= 0.3 is 0 Å². The summed E-state index contributed by atoms with van der Waals surface area (Å²) in [7, 11) is 0. The Morgan fingerprint density at radius 3 is 3.09 bits per heavy atom. The molecule has 3 aromatic heterocycles. The fraction of sp³-hybridized carbons (Fsp3) is 0.267. The molecule has 0 saturated heterocycles. The van der Waals surface area contributed by atoms with Gasteiger partial charge in [0, 0.05) is 11.1 Å². The maximum absolute atomic E-state index is 12.2. The van der Waals surface area contributed by atoms with Crippen LogP contribution in [0, 0.1) is 0 Å². The SMILES string of the molecule is O=c1c2cccnc2cnn1C[C@H](O)COCc1cccs1. The molecule has 3 heterocycles. The highest BCUT2D eigenvalue weighted by molar-refractivity contribution is 7.09. The summed E-state index contributed by atoms with van der Waals surface area (Å²) in [4.78, 5) is 17.4. The molecular formula is C15H15N3O3S. The van der Waals surface area contributed by atoms with E-state index in [-0.39, 0.29) is 18.7 Å². The molecule has 0 unspecified atom stereocenters. The highest BCUT2D eigenvalue weighted by Gasteiger charge is 2.10. The van der Waals surface area contributed by atoms with Crippen LogP contribution in [-0.4, -0.2) is 32.6 Å². The van der Waals surface area contributed by atoms with Crippen LogP contribution in [0.5, 0.6) is 0 Å². The van der Waals surface area contributed by atoms with Gasteiger partial charge in [0.1, 0.15) is 0 Å². The number of fused-ring (bicyclic) bond motifs is 1. The molecule has 3 aromatic rings. The first-order chi connectivity index (χ1) is 10.7. The minimum absolute atomic E-state index is 0.0914. The molecular weight excluding hydrogens is 302 g/mol. The lowest BCUT2D eigenvalue weighted by molar-refractivity contribution is 0.0190. The number of aliphatic hydroxyl groups excluding tert-OH is 1. The second-order valence-electron chi connectivity index (χ2n) is 4.82. The molecule has 1 atom stereocenters. The summed E-state index contributed by atoms with van der Waals surface area (Å²) in [5, 5.41) is 16.5. The number of hydrogen-bond donors (Lipinski definition) is 1. The molecule has 0 aliphatic heterocycles. The third-order valence-electron chi connectivity index (χ3n) is 3.14. The van der Waals surface area contributed by atoms with E-state index in [1.165, 1.54) is 10.9 Å². The molecule has 0 fully saturated rings. The fourth-order valence-corrected chi connectivity index (χ4v) is 2.73. The summed E-state index contributed by atoms with van der Waals surface area (Å²) in [5.41, 5.74) is 0.287. The van der Waals surface area contributed by atoms with Crippen molar-refractivity contribution < 1.29 is 9.84 Å². The number of hydrogen-bond acceptors (Lipinski definition) is 6. The van der Waals surface area contributed by atoms with Crippen molar-refractivity contribution in [1.29, 1.82) is 0 Å². The molecule has 22 heavy (non-hydrogen) atoms. The number of aromatic nitrogens is 3. The van der Waals surface area contributed by atoms with E-state index in [2.05, 4.69) is 10.1 Å². The third-order valence-corrected chi connectivity index (χ3v) is 3.99. The van der Waals surface area contributed by atoms with Crippen molar-refractivity contribution in [3.8, 4) is 0 Å². The fourth-order valence-electron chi connectivity index (χ4n) is 2.09. The van der Waals surface area contributed by atoms with Gasteiger partial charge in [0.15, 0.2) is 0 Å². The maximum atomic E-state index is 12.2. The highest BCUT2D eigenvalue weighted by Crippen LogP contribution is 2.09. The summed E-state index contributed by atoms with van der Waals surface area (Å²) in [6.07, 6.45) is 2.34. The van der Waals surface area contributed by atoms with Gasteiger partial charge in [-0.1, -0.05) is 6.07 Å². The number of thiophene rings is 1. The van der Waals surface area contributed by atoms with Crippen molar-refractivity contribution in [2.75, 3.05) is 6.61 Å². The van der Waals surface area contributed by atoms with Crippen LogP contribution in [0.4, 0.5) is 0 Å². The average Bonchev–Trinajstić information content (AvgIpc) is 3.04. The van der Waals surface area contributed by atoms with Gasteiger partial charge in [0.05, 0.1) is 43.0 Å². The van der Waals surface area contributed by atoms with E-state index in [0.717, 1.165) is 4.88 Å². The van der Waals surface area contributed by atoms with E-state index in [0.29, 0.717) is 17.5 Å². The van der Waals surface area contributed by atoms with Crippen LogP contribution in [0.25, 0.3) is 10.9 Å². The molecule has 7 heteroatoms. The van der Waals surface area contributed by atoms with E-state index in [4.69, 9.17) is 4.74 Å². The zero-order valence-corrected chi connectivity index (χ0v) is 12.6. The monoisotopic (exact) mass is 317 g/mol. The van der Waals surface area contributed by atoms with E-state index in [1.54, 1.807) is 29.7 Å². The molecule has 3 rings (SSSR count). The molecule has 0 radical (unpaired) electrons. The number of pyridine rings is 1. The van der Waals surface area contributed by atoms with Gasteiger partial charge in [-0.05, 0) is 23.6 Å². The molecule has 0 aliphatic carbocycles. The molecule has 0 saturated carbocycles. The predicted molar refractivity (Wildman–Crippen MR) is 83.8 cm³/mol. The van der Waals surface area contributed by atoms with Crippen molar-refractivity contribution in [2.45, 2.75) is 19.3 Å². The Bertz CT molecular complexity index is 801. The Morgan fingerprint density at radius 2 is 2.27 bits per heavy atom. The van der Waals surface area contributed by atoms with Crippen molar-refractivity contribution in [3.63, 3.8) is 0 Å². The quantitative estimate of drug-likeness (QED) is 0.744. The van der Waals surface area contributed by atoms with Gasteiger partial charge in [-0.25, -0.2) is 4.68 Å². The lowest BCUT2D eigenvalue weighted by Gasteiger charge is -2.12. The molecule has 6 nitrogen and oxygen atoms in total. The first kappa shape index (κ1) is 14.8. The summed E-state index contributed by atoms with van der Waals surface area (Å²) in [6.45, 7) is 0.698. The van der Waals surface area contributed by atoms with E-state index < -0.39 is 6.10 Å². The van der Waals surface area contributed by atoms with Crippen molar-refractivity contribution >= 4 is 22.2 Å². The van der Waals surface area contributed by atoms with E-state index in [1.807, 2.05) is 17.5 Å². The van der Waals surface area contributed by atoms with Gasteiger partial charge in [-0.3, -0.25) is 9.78 Å². The summed E-state index contributed by atoms with van der Waals surface area (Å²) in [6, 6.07) is 7.32. The van der Waals surface area contributed by atoms with Gasteiger partial charge in [0.2, 0.25) is 0 Å². The minimum atomic E-state index is -0.792. The average molecular weight is 317 g/mol. The lowest BCUT2D eigenvalue weighted by Crippen LogP contribution is -2.31. The van der Waals surface area contributed by atoms with Gasteiger partial charge in [-0.15, -0.1) is 11.3 Å².